The van der Waals surface area contributed by atoms with Crippen LogP contribution in [0.1, 0.15) is 12.8 Å². The summed E-state index contributed by atoms with van der Waals surface area (Å²) in [6.45, 7) is 3.04. The Labute approximate surface area is 82.7 Å². The van der Waals surface area contributed by atoms with E-state index in [0.29, 0.717) is 11.6 Å². The Bertz CT molecular complexity index is 318. The van der Waals surface area contributed by atoms with Gasteiger partial charge in [-0.05, 0) is 25.9 Å². The van der Waals surface area contributed by atoms with Gasteiger partial charge < -0.3 is 10.5 Å². The van der Waals surface area contributed by atoms with Gasteiger partial charge in [0, 0.05) is 18.5 Å². The highest BCUT2D eigenvalue weighted by Crippen LogP contribution is 2.43. The molecule has 4 heteroatoms. The van der Waals surface area contributed by atoms with E-state index in [1.807, 2.05) is 0 Å². The van der Waals surface area contributed by atoms with Gasteiger partial charge in [-0.2, -0.15) is 0 Å². The van der Waals surface area contributed by atoms with Crippen molar-refractivity contribution in [3.63, 3.8) is 0 Å². The van der Waals surface area contributed by atoms with E-state index < -0.39 is 5.60 Å². The summed E-state index contributed by atoms with van der Waals surface area (Å²) in [4.78, 5) is 13.5. The first-order chi connectivity index (χ1) is 6.71. The number of hydrogen-bond donors (Lipinski definition) is 1. The molecule has 4 nitrogen and oxygen atoms in total. The summed E-state index contributed by atoms with van der Waals surface area (Å²) in [5.41, 5.74) is 6.08. The van der Waals surface area contributed by atoms with Crippen LogP contribution in [0.25, 0.3) is 0 Å². The predicted octanol–water partition coefficient (Wildman–Crippen LogP) is -0.150. The molecule has 76 valence electrons. The monoisotopic (exact) mass is 194 g/mol. The van der Waals surface area contributed by atoms with Gasteiger partial charge in [0.05, 0.1) is 5.70 Å². The molecule has 0 amide bonds. The SMILES string of the molecule is NC1=CC(=O)OC12CN1CCC2CC1. The number of rotatable bonds is 0. The number of ether oxygens (including phenoxy) is 1. The van der Waals surface area contributed by atoms with Crippen LogP contribution in [0.2, 0.25) is 0 Å². The Balaban J connectivity index is 1.98. The van der Waals surface area contributed by atoms with Crippen LogP contribution in [0.5, 0.6) is 0 Å². The fraction of sp³-hybridized carbons (Fsp3) is 0.700. The molecule has 0 aromatic rings. The Kier molecular flexibility index (Phi) is 1.49. The summed E-state index contributed by atoms with van der Waals surface area (Å²) in [5, 5.41) is 0. The lowest BCUT2D eigenvalue weighted by Gasteiger charge is -2.50. The molecule has 4 aliphatic heterocycles. The van der Waals surface area contributed by atoms with Gasteiger partial charge in [0.1, 0.15) is 0 Å². The first kappa shape index (κ1) is 8.29. The van der Waals surface area contributed by atoms with Crippen LogP contribution in [0.3, 0.4) is 0 Å². The number of nitrogens with zero attached hydrogens (tertiary/aromatic N) is 1. The predicted molar refractivity (Wildman–Crippen MR) is 50.3 cm³/mol. The van der Waals surface area contributed by atoms with Crippen LogP contribution >= 0.6 is 0 Å². The van der Waals surface area contributed by atoms with E-state index in [4.69, 9.17) is 10.5 Å². The van der Waals surface area contributed by atoms with Crippen molar-refractivity contribution in [3.05, 3.63) is 11.8 Å². The van der Waals surface area contributed by atoms with Gasteiger partial charge >= 0.3 is 5.97 Å². The van der Waals surface area contributed by atoms with Crippen LogP contribution in [0.15, 0.2) is 11.8 Å². The third-order valence-electron chi connectivity index (χ3n) is 3.75. The topological polar surface area (TPSA) is 55.6 Å². The Morgan fingerprint density at radius 3 is 2.64 bits per heavy atom. The first-order valence-electron chi connectivity index (χ1n) is 5.14. The van der Waals surface area contributed by atoms with E-state index in [9.17, 15) is 4.79 Å². The van der Waals surface area contributed by atoms with E-state index >= 15 is 0 Å². The molecular formula is C10H14N2O2. The lowest BCUT2D eigenvalue weighted by atomic mass is 9.74. The van der Waals surface area contributed by atoms with E-state index in [-0.39, 0.29) is 5.97 Å². The number of esters is 1. The molecule has 1 unspecified atom stereocenters. The third-order valence-corrected chi connectivity index (χ3v) is 3.75. The summed E-state index contributed by atoms with van der Waals surface area (Å²) in [6, 6.07) is 0. The fourth-order valence-corrected chi connectivity index (χ4v) is 2.98. The van der Waals surface area contributed by atoms with Crippen molar-refractivity contribution in [1.29, 1.82) is 0 Å². The molecule has 3 saturated heterocycles. The number of carbonyl (C=O) groups excluding carboxylic acids is 1. The second kappa shape index (κ2) is 2.51. The van der Waals surface area contributed by atoms with Crippen LogP contribution in [-0.2, 0) is 9.53 Å². The average molecular weight is 194 g/mol. The molecule has 0 aliphatic carbocycles. The van der Waals surface area contributed by atoms with Crippen molar-refractivity contribution in [1.82, 2.24) is 4.90 Å². The molecular weight excluding hydrogens is 180 g/mol. The summed E-state index contributed by atoms with van der Waals surface area (Å²) in [7, 11) is 0. The molecule has 0 aromatic carbocycles. The maximum Gasteiger partial charge on any atom is 0.333 e. The van der Waals surface area contributed by atoms with E-state index in [0.717, 1.165) is 32.5 Å². The maximum absolute atomic E-state index is 11.2. The van der Waals surface area contributed by atoms with E-state index in [1.54, 1.807) is 0 Å². The van der Waals surface area contributed by atoms with Crippen molar-refractivity contribution in [2.75, 3.05) is 19.6 Å². The zero-order valence-electron chi connectivity index (χ0n) is 8.03. The summed E-state index contributed by atoms with van der Waals surface area (Å²) in [5.74, 6) is 0.173. The van der Waals surface area contributed by atoms with Gasteiger partial charge in [-0.1, -0.05) is 0 Å². The molecule has 4 aliphatic rings. The summed E-state index contributed by atoms with van der Waals surface area (Å²) in [6.07, 6.45) is 3.64. The Morgan fingerprint density at radius 1 is 1.50 bits per heavy atom. The minimum absolute atomic E-state index is 0.267. The molecule has 2 N–H and O–H groups in total. The van der Waals surface area contributed by atoms with Gasteiger partial charge in [-0.25, -0.2) is 4.79 Å². The van der Waals surface area contributed by atoms with Crippen molar-refractivity contribution in [2.24, 2.45) is 11.7 Å². The van der Waals surface area contributed by atoms with Gasteiger partial charge in [0.2, 0.25) is 0 Å². The largest absolute Gasteiger partial charge is 0.448 e. The number of carbonyl (C=O) groups is 1. The number of nitrogens with two attached hydrogens (primary N) is 1. The highest BCUT2D eigenvalue weighted by molar-refractivity contribution is 5.86. The molecule has 1 spiro atoms. The zero-order chi connectivity index (χ0) is 9.76. The molecule has 0 saturated carbocycles. The molecule has 2 bridgehead atoms. The zero-order valence-corrected chi connectivity index (χ0v) is 8.03. The highest BCUT2D eigenvalue weighted by atomic mass is 16.6. The van der Waals surface area contributed by atoms with Gasteiger partial charge in [-0.3, -0.25) is 4.90 Å². The minimum Gasteiger partial charge on any atom is -0.448 e. The smallest absolute Gasteiger partial charge is 0.333 e. The third kappa shape index (κ3) is 0.892. The minimum atomic E-state index is -0.465. The molecule has 3 fully saturated rings. The lowest BCUT2D eigenvalue weighted by molar-refractivity contribution is -0.162. The molecule has 4 heterocycles. The summed E-state index contributed by atoms with van der Waals surface area (Å²) >= 11 is 0. The van der Waals surface area contributed by atoms with Gasteiger partial charge in [-0.15, -0.1) is 0 Å². The second-order valence-electron chi connectivity index (χ2n) is 4.46. The fourth-order valence-electron chi connectivity index (χ4n) is 2.98. The average Bonchev–Trinajstić information content (AvgIpc) is 2.43. The quantitative estimate of drug-likeness (QED) is 0.545. The Morgan fingerprint density at radius 2 is 2.21 bits per heavy atom. The van der Waals surface area contributed by atoms with Crippen LogP contribution in [0.4, 0.5) is 0 Å². The Hall–Kier alpha value is -1.03. The van der Waals surface area contributed by atoms with Gasteiger partial charge in [0.25, 0.3) is 0 Å². The second-order valence-corrected chi connectivity index (χ2v) is 4.46. The van der Waals surface area contributed by atoms with Crippen LogP contribution < -0.4 is 5.73 Å². The van der Waals surface area contributed by atoms with E-state index in [2.05, 4.69) is 4.90 Å². The van der Waals surface area contributed by atoms with Crippen LogP contribution in [-0.4, -0.2) is 36.1 Å². The van der Waals surface area contributed by atoms with Crippen molar-refractivity contribution < 1.29 is 9.53 Å². The van der Waals surface area contributed by atoms with Crippen molar-refractivity contribution >= 4 is 5.97 Å². The molecule has 0 radical (unpaired) electrons. The number of fused-ring (bicyclic) bond motifs is 2. The maximum atomic E-state index is 11.2. The molecule has 4 rings (SSSR count). The van der Waals surface area contributed by atoms with Crippen molar-refractivity contribution in [2.45, 2.75) is 18.4 Å². The van der Waals surface area contributed by atoms with Crippen LogP contribution in [0, 0.1) is 5.92 Å². The normalized spacial score (nSPS) is 45.4. The molecule has 1 atom stereocenters. The standard InChI is InChI=1S/C10H14N2O2/c11-8-5-9(13)14-10(8)6-12-3-1-7(10)2-4-12/h5,7H,1-4,6,11H2. The lowest BCUT2D eigenvalue weighted by Crippen LogP contribution is -2.61. The highest BCUT2D eigenvalue weighted by Gasteiger charge is 2.54. The molecule has 14 heavy (non-hydrogen) atoms. The van der Waals surface area contributed by atoms with Crippen molar-refractivity contribution in [3.8, 4) is 0 Å². The molecule has 0 aromatic heterocycles. The number of hydrogen-bond acceptors (Lipinski definition) is 4. The summed E-state index contributed by atoms with van der Waals surface area (Å²) < 4.78 is 5.44. The number of piperidine rings is 3. The first-order valence-corrected chi connectivity index (χ1v) is 5.14. The van der Waals surface area contributed by atoms with E-state index in [1.165, 1.54) is 6.08 Å². The van der Waals surface area contributed by atoms with Gasteiger partial charge in [0.15, 0.2) is 5.60 Å².